The van der Waals surface area contributed by atoms with E-state index in [1.165, 1.54) is 0 Å². The van der Waals surface area contributed by atoms with Crippen molar-refractivity contribution in [2.75, 3.05) is 6.61 Å². The molecule has 1 fully saturated rings. The minimum atomic E-state index is -0.473. The molecule has 0 N–H and O–H groups in total. The Morgan fingerprint density at radius 3 is 2.77 bits per heavy atom. The molecule has 2 atom stereocenters. The summed E-state index contributed by atoms with van der Waals surface area (Å²) in [7, 11) is 0. The molecular formula is C17H19NO4. The number of nitrogens with zero attached hydrogens (tertiary/aromatic N) is 1. The van der Waals surface area contributed by atoms with Crippen LogP contribution in [0, 0.1) is 6.92 Å². The van der Waals surface area contributed by atoms with Gasteiger partial charge in [-0.05, 0) is 19.8 Å². The number of rotatable bonds is 4. The number of ether oxygens (including phenoxy) is 2. The molecule has 22 heavy (non-hydrogen) atoms. The maximum atomic E-state index is 12.3. The highest BCUT2D eigenvalue weighted by molar-refractivity contribution is 5.93. The van der Waals surface area contributed by atoms with Gasteiger partial charge < -0.3 is 13.9 Å². The minimum Gasteiger partial charge on any atom is -0.458 e. The molecule has 5 heteroatoms. The Morgan fingerprint density at radius 1 is 1.32 bits per heavy atom. The lowest BCUT2D eigenvalue weighted by molar-refractivity contribution is -0.00294. The molecule has 2 heterocycles. The van der Waals surface area contributed by atoms with E-state index in [0.717, 1.165) is 18.4 Å². The fraction of sp³-hybridized carbons (Fsp3) is 0.412. The van der Waals surface area contributed by atoms with E-state index in [2.05, 4.69) is 4.98 Å². The Balaban J connectivity index is 1.73. The zero-order valence-electron chi connectivity index (χ0n) is 12.7. The summed E-state index contributed by atoms with van der Waals surface area (Å²) in [4.78, 5) is 16.5. The topological polar surface area (TPSA) is 61.6 Å². The summed E-state index contributed by atoms with van der Waals surface area (Å²) in [6, 6.07) is 9.42. The van der Waals surface area contributed by atoms with E-state index in [-0.39, 0.29) is 24.5 Å². The standard InChI is InChI=1S/C17H19NO4/c1-11-8-9-14(21-11)10-20-17(19)15-16(22-12(2)18-15)13-6-4-3-5-7-13/h3-7,11,14H,8-10H2,1-2H3. The van der Waals surface area contributed by atoms with Crippen LogP contribution in [0.15, 0.2) is 34.7 Å². The van der Waals surface area contributed by atoms with Crippen molar-refractivity contribution >= 4 is 5.97 Å². The summed E-state index contributed by atoms with van der Waals surface area (Å²) in [6.45, 7) is 3.99. The smallest absolute Gasteiger partial charge is 0.361 e. The van der Waals surface area contributed by atoms with Crippen LogP contribution < -0.4 is 0 Å². The van der Waals surface area contributed by atoms with Gasteiger partial charge in [0.05, 0.1) is 12.2 Å². The monoisotopic (exact) mass is 301 g/mol. The highest BCUT2D eigenvalue weighted by atomic mass is 16.6. The quantitative estimate of drug-likeness (QED) is 0.810. The molecule has 0 amide bonds. The van der Waals surface area contributed by atoms with Crippen LogP contribution in [0.5, 0.6) is 0 Å². The first-order valence-corrected chi connectivity index (χ1v) is 7.49. The van der Waals surface area contributed by atoms with Gasteiger partial charge in [-0.3, -0.25) is 0 Å². The van der Waals surface area contributed by atoms with Crippen molar-refractivity contribution in [1.82, 2.24) is 4.98 Å². The summed E-state index contributed by atoms with van der Waals surface area (Å²) in [5.41, 5.74) is 1.02. The van der Waals surface area contributed by atoms with Crippen LogP contribution in [0.25, 0.3) is 11.3 Å². The molecule has 1 aromatic carbocycles. The SMILES string of the molecule is Cc1nc(C(=O)OCC2CCC(C)O2)c(-c2ccccc2)o1. The summed E-state index contributed by atoms with van der Waals surface area (Å²) < 4.78 is 16.6. The lowest BCUT2D eigenvalue weighted by Gasteiger charge is -2.11. The van der Waals surface area contributed by atoms with E-state index in [9.17, 15) is 4.79 Å². The molecular weight excluding hydrogens is 282 g/mol. The maximum absolute atomic E-state index is 12.3. The number of carbonyl (C=O) groups excluding carboxylic acids is 1. The van der Waals surface area contributed by atoms with Crippen molar-refractivity contribution in [3.63, 3.8) is 0 Å². The van der Waals surface area contributed by atoms with Crippen molar-refractivity contribution in [2.45, 2.75) is 38.9 Å². The first-order chi connectivity index (χ1) is 10.6. The fourth-order valence-electron chi connectivity index (χ4n) is 2.60. The van der Waals surface area contributed by atoms with Crippen molar-refractivity contribution in [2.24, 2.45) is 0 Å². The molecule has 0 saturated carbocycles. The van der Waals surface area contributed by atoms with Crippen LogP contribution in [0.2, 0.25) is 0 Å². The van der Waals surface area contributed by atoms with Crippen LogP contribution in [0.1, 0.15) is 36.1 Å². The van der Waals surface area contributed by atoms with E-state index >= 15 is 0 Å². The number of benzene rings is 1. The molecule has 1 saturated heterocycles. The van der Waals surface area contributed by atoms with Gasteiger partial charge in [-0.1, -0.05) is 30.3 Å². The van der Waals surface area contributed by atoms with Crippen LogP contribution >= 0.6 is 0 Å². The maximum Gasteiger partial charge on any atom is 0.361 e. The van der Waals surface area contributed by atoms with Gasteiger partial charge in [0, 0.05) is 12.5 Å². The third-order valence-corrected chi connectivity index (χ3v) is 3.68. The molecule has 1 aliphatic rings. The Bertz CT molecular complexity index is 650. The summed E-state index contributed by atoms with van der Waals surface area (Å²) in [6.07, 6.45) is 2.13. The molecule has 0 radical (unpaired) electrons. The van der Waals surface area contributed by atoms with Crippen LogP contribution in [-0.2, 0) is 9.47 Å². The highest BCUT2D eigenvalue weighted by Gasteiger charge is 2.26. The fourth-order valence-corrected chi connectivity index (χ4v) is 2.60. The molecule has 2 unspecified atom stereocenters. The van der Waals surface area contributed by atoms with Crippen molar-refractivity contribution in [3.05, 3.63) is 41.9 Å². The molecule has 116 valence electrons. The molecule has 0 spiro atoms. The van der Waals surface area contributed by atoms with Crippen molar-refractivity contribution < 1.29 is 18.7 Å². The van der Waals surface area contributed by atoms with E-state index in [1.807, 2.05) is 37.3 Å². The van der Waals surface area contributed by atoms with Gasteiger partial charge in [0.15, 0.2) is 17.3 Å². The summed E-state index contributed by atoms with van der Waals surface area (Å²) in [5.74, 6) is 0.416. The predicted octanol–water partition coefficient (Wildman–Crippen LogP) is 3.37. The number of hydrogen-bond acceptors (Lipinski definition) is 5. The lowest BCUT2D eigenvalue weighted by Crippen LogP contribution is -2.19. The third-order valence-electron chi connectivity index (χ3n) is 3.68. The molecule has 5 nitrogen and oxygen atoms in total. The van der Waals surface area contributed by atoms with Gasteiger partial charge in [0.2, 0.25) is 0 Å². The Morgan fingerprint density at radius 2 is 2.09 bits per heavy atom. The van der Waals surface area contributed by atoms with Gasteiger partial charge in [-0.15, -0.1) is 0 Å². The van der Waals surface area contributed by atoms with Crippen molar-refractivity contribution in [3.8, 4) is 11.3 Å². The second kappa shape index (κ2) is 6.32. The van der Waals surface area contributed by atoms with E-state index in [1.54, 1.807) is 6.92 Å². The molecule has 1 aliphatic heterocycles. The van der Waals surface area contributed by atoms with Gasteiger partial charge in [0.25, 0.3) is 0 Å². The molecule has 1 aromatic heterocycles. The Kier molecular flexibility index (Phi) is 4.24. The molecule has 3 rings (SSSR count). The zero-order valence-corrected chi connectivity index (χ0v) is 12.7. The number of carbonyl (C=O) groups is 1. The first kappa shape index (κ1) is 14.8. The number of aryl methyl sites for hydroxylation is 1. The van der Waals surface area contributed by atoms with Crippen LogP contribution in [0.4, 0.5) is 0 Å². The average molecular weight is 301 g/mol. The number of oxazole rings is 1. The Labute approximate surface area is 129 Å². The lowest BCUT2D eigenvalue weighted by atomic mass is 10.1. The largest absolute Gasteiger partial charge is 0.458 e. The van der Waals surface area contributed by atoms with Gasteiger partial charge >= 0.3 is 5.97 Å². The van der Waals surface area contributed by atoms with Gasteiger partial charge in [-0.2, -0.15) is 0 Å². The van der Waals surface area contributed by atoms with E-state index in [0.29, 0.717) is 11.7 Å². The van der Waals surface area contributed by atoms with Crippen LogP contribution in [0.3, 0.4) is 0 Å². The summed E-state index contributed by atoms with van der Waals surface area (Å²) >= 11 is 0. The second-order valence-corrected chi connectivity index (χ2v) is 5.52. The summed E-state index contributed by atoms with van der Waals surface area (Å²) in [5, 5.41) is 0. The molecule has 0 aliphatic carbocycles. The average Bonchev–Trinajstić information content (AvgIpc) is 3.11. The highest BCUT2D eigenvalue weighted by Crippen LogP contribution is 2.26. The number of aromatic nitrogens is 1. The third kappa shape index (κ3) is 3.20. The van der Waals surface area contributed by atoms with Gasteiger partial charge in [0.1, 0.15) is 6.61 Å². The Hall–Kier alpha value is -2.14. The van der Waals surface area contributed by atoms with E-state index in [4.69, 9.17) is 13.9 Å². The predicted molar refractivity (Wildman–Crippen MR) is 80.5 cm³/mol. The molecule has 0 bridgehead atoms. The number of esters is 1. The molecule has 2 aromatic rings. The van der Waals surface area contributed by atoms with Gasteiger partial charge in [-0.25, -0.2) is 9.78 Å². The first-order valence-electron chi connectivity index (χ1n) is 7.49. The second-order valence-electron chi connectivity index (χ2n) is 5.52. The van der Waals surface area contributed by atoms with E-state index < -0.39 is 5.97 Å². The normalized spacial score (nSPS) is 21.0. The number of hydrogen-bond donors (Lipinski definition) is 0. The minimum absolute atomic E-state index is 0.0212. The van der Waals surface area contributed by atoms with Crippen molar-refractivity contribution in [1.29, 1.82) is 0 Å². The van der Waals surface area contributed by atoms with Crippen LogP contribution in [-0.4, -0.2) is 29.8 Å². The zero-order chi connectivity index (χ0) is 15.5.